The molecule has 14 nitrogen and oxygen atoms in total. The first kappa shape index (κ1) is 45.5. The minimum atomic E-state index is -1.31. The lowest BCUT2D eigenvalue weighted by molar-refractivity contribution is -0.311. The van der Waals surface area contributed by atoms with Gasteiger partial charge in [-0.1, -0.05) is 121 Å². The molecular formula is C47H54O14. The van der Waals surface area contributed by atoms with E-state index >= 15 is 0 Å². The van der Waals surface area contributed by atoms with Crippen LogP contribution in [-0.2, 0) is 92.9 Å². The Balaban J connectivity index is 1.32. The molecule has 14 heteroatoms. The van der Waals surface area contributed by atoms with Crippen LogP contribution in [0.3, 0.4) is 0 Å². The zero-order valence-electron chi connectivity index (χ0n) is 34.8. The fraction of sp³-hybridized carbons (Fsp3) is 0.426. The Morgan fingerprint density at radius 1 is 0.508 bits per heavy atom. The van der Waals surface area contributed by atoms with Crippen LogP contribution in [0.1, 0.15) is 43.0 Å². The zero-order valence-corrected chi connectivity index (χ0v) is 34.8. The van der Waals surface area contributed by atoms with Crippen LogP contribution in [0.5, 0.6) is 0 Å². The Morgan fingerprint density at radius 2 is 0.967 bits per heavy atom. The number of esters is 3. The van der Waals surface area contributed by atoms with Gasteiger partial charge in [0.1, 0.15) is 30.5 Å². The summed E-state index contributed by atoms with van der Waals surface area (Å²) in [5, 5.41) is 0. The van der Waals surface area contributed by atoms with Crippen molar-refractivity contribution < 1.29 is 66.5 Å². The van der Waals surface area contributed by atoms with Gasteiger partial charge in [-0.05, 0) is 22.3 Å². The Labute approximate surface area is 356 Å². The third kappa shape index (κ3) is 13.5. The van der Waals surface area contributed by atoms with Crippen LogP contribution < -0.4 is 0 Å². The normalized spacial score (nSPS) is 25.3. The van der Waals surface area contributed by atoms with Crippen LogP contribution in [0, 0.1) is 0 Å². The third-order valence-corrected chi connectivity index (χ3v) is 10.00. The summed E-state index contributed by atoms with van der Waals surface area (Å²) in [6.45, 7) is 4.43. The van der Waals surface area contributed by atoms with Gasteiger partial charge in [0.15, 0.2) is 30.9 Å². The molecular weight excluding hydrogens is 789 g/mol. The Kier molecular flexibility index (Phi) is 17.3. The summed E-state index contributed by atoms with van der Waals surface area (Å²) >= 11 is 0. The van der Waals surface area contributed by atoms with E-state index in [9.17, 15) is 14.4 Å². The molecule has 0 N–H and O–H groups in total. The van der Waals surface area contributed by atoms with Crippen molar-refractivity contribution in [1.82, 2.24) is 0 Å². The van der Waals surface area contributed by atoms with E-state index in [1.807, 2.05) is 121 Å². The van der Waals surface area contributed by atoms with Crippen molar-refractivity contribution in [2.75, 3.05) is 20.3 Å². The first-order valence-corrected chi connectivity index (χ1v) is 20.2. The molecule has 4 aromatic rings. The Bertz CT molecular complexity index is 1920. The summed E-state index contributed by atoms with van der Waals surface area (Å²) in [5.74, 6) is -2.09. The predicted octanol–water partition coefficient (Wildman–Crippen LogP) is 5.87. The van der Waals surface area contributed by atoms with E-state index in [-0.39, 0.29) is 33.0 Å². The summed E-state index contributed by atoms with van der Waals surface area (Å²) in [4.78, 5) is 37.1. The van der Waals surface area contributed by atoms with Crippen LogP contribution in [0.25, 0.3) is 0 Å². The molecule has 0 aromatic heterocycles. The second kappa shape index (κ2) is 23.3. The molecule has 6 rings (SSSR count). The number of benzene rings is 4. The van der Waals surface area contributed by atoms with Crippen LogP contribution in [-0.4, -0.2) is 99.6 Å². The van der Waals surface area contributed by atoms with Gasteiger partial charge in [0.2, 0.25) is 0 Å². The van der Waals surface area contributed by atoms with Crippen molar-refractivity contribution >= 4 is 17.9 Å². The zero-order chi connectivity index (χ0) is 43.0. The molecule has 0 spiro atoms. The van der Waals surface area contributed by atoms with Crippen LogP contribution in [0.15, 0.2) is 121 Å². The molecule has 326 valence electrons. The van der Waals surface area contributed by atoms with Crippen LogP contribution in [0.4, 0.5) is 0 Å². The lowest BCUT2D eigenvalue weighted by atomic mass is 9.98. The second-order valence-corrected chi connectivity index (χ2v) is 14.7. The van der Waals surface area contributed by atoms with Gasteiger partial charge in [0.25, 0.3) is 0 Å². The van der Waals surface area contributed by atoms with Gasteiger partial charge in [0.05, 0.1) is 39.6 Å². The monoisotopic (exact) mass is 842 g/mol. The molecule has 0 saturated carbocycles. The summed E-state index contributed by atoms with van der Waals surface area (Å²) in [6.07, 6.45) is -10.4. The van der Waals surface area contributed by atoms with Crippen molar-refractivity contribution in [3.05, 3.63) is 144 Å². The van der Waals surface area contributed by atoms with E-state index in [4.69, 9.17) is 52.1 Å². The number of rotatable bonds is 21. The number of hydrogen-bond donors (Lipinski definition) is 0. The van der Waals surface area contributed by atoms with Crippen molar-refractivity contribution in [3.63, 3.8) is 0 Å². The average Bonchev–Trinajstić information content (AvgIpc) is 3.61. The lowest BCUT2D eigenvalue weighted by Gasteiger charge is -2.44. The number of methoxy groups -OCH3 is 1. The van der Waals surface area contributed by atoms with Gasteiger partial charge in [0, 0.05) is 27.9 Å². The third-order valence-electron chi connectivity index (χ3n) is 10.00. The SMILES string of the molecule is CO[C@H]1O[C@H](CO[C@H]2O[C@H]([C@@H](COCc3ccccc3)OCc3ccccc3)[C@H](OCc3ccccc3)[C@H]2OCc2ccccc2)[C@@H](OC(C)=O)[C@H](OC(C)=O)[C@H]1OC(C)=O. The molecule has 0 amide bonds. The van der Waals surface area contributed by atoms with E-state index in [1.165, 1.54) is 27.9 Å². The minimum absolute atomic E-state index is 0.132. The molecule has 2 saturated heterocycles. The fourth-order valence-electron chi connectivity index (χ4n) is 7.23. The molecule has 2 aliphatic rings. The fourth-order valence-corrected chi connectivity index (χ4v) is 7.23. The molecule has 0 bridgehead atoms. The van der Waals surface area contributed by atoms with Gasteiger partial charge in [-0.3, -0.25) is 14.4 Å². The lowest BCUT2D eigenvalue weighted by Crippen LogP contribution is -2.62. The summed E-state index contributed by atoms with van der Waals surface area (Å²) in [7, 11) is 1.35. The van der Waals surface area contributed by atoms with Crippen molar-refractivity contribution in [3.8, 4) is 0 Å². The number of carbonyl (C=O) groups is 3. The molecule has 0 unspecified atom stereocenters. The number of carbonyl (C=O) groups excluding carboxylic acids is 3. The molecule has 2 aliphatic heterocycles. The van der Waals surface area contributed by atoms with Crippen molar-refractivity contribution in [1.29, 1.82) is 0 Å². The first-order chi connectivity index (χ1) is 29.7. The van der Waals surface area contributed by atoms with E-state index < -0.39 is 79.3 Å². The van der Waals surface area contributed by atoms with E-state index in [2.05, 4.69) is 0 Å². The van der Waals surface area contributed by atoms with E-state index in [0.717, 1.165) is 22.3 Å². The van der Waals surface area contributed by atoms with Gasteiger partial charge >= 0.3 is 17.9 Å². The standard InChI is InChI=1S/C47H54O14/c1-31(48)57-41-39(60-46(51-4)45(59-33(3)50)43(41)58-32(2)49)30-56-47-44(55-28-37-23-15-8-16-24-37)42(54-27-36-21-13-7-14-22-36)40(61-47)38(53-26-35-19-11-6-12-20-35)29-52-25-34-17-9-5-10-18-34/h5-24,38-47H,25-30H2,1-4H3/t38-,39-,40-,41-,42+,43+,44-,45-,46+,47+/m1/s1. The summed E-state index contributed by atoms with van der Waals surface area (Å²) in [6, 6.07) is 39.0. The Hall–Kier alpha value is -5.03. The van der Waals surface area contributed by atoms with Crippen LogP contribution in [0.2, 0.25) is 0 Å². The van der Waals surface area contributed by atoms with E-state index in [1.54, 1.807) is 0 Å². The molecule has 0 aliphatic carbocycles. The average molecular weight is 843 g/mol. The van der Waals surface area contributed by atoms with Gasteiger partial charge in [-0.15, -0.1) is 0 Å². The number of hydrogen-bond acceptors (Lipinski definition) is 14. The number of ether oxygens (including phenoxy) is 11. The van der Waals surface area contributed by atoms with Gasteiger partial charge < -0.3 is 52.1 Å². The van der Waals surface area contributed by atoms with Gasteiger partial charge in [-0.2, -0.15) is 0 Å². The molecule has 2 heterocycles. The molecule has 0 radical (unpaired) electrons. The minimum Gasteiger partial charge on any atom is -0.456 e. The Morgan fingerprint density at radius 3 is 1.48 bits per heavy atom. The smallest absolute Gasteiger partial charge is 0.303 e. The predicted molar refractivity (Wildman–Crippen MR) is 218 cm³/mol. The maximum atomic E-state index is 12.5. The van der Waals surface area contributed by atoms with Crippen molar-refractivity contribution in [2.24, 2.45) is 0 Å². The highest BCUT2D eigenvalue weighted by Crippen LogP contribution is 2.35. The highest BCUT2D eigenvalue weighted by molar-refractivity contribution is 5.68. The molecule has 61 heavy (non-hydrogen) atoms. The maximum absolute atomic E-state index is 12.5. The van der Waals surface area contributed by atoms with Crippen molar-refractivity contribution in [2.45, 2.75) is 109 Å². The molecule has 4 aromatic carbocycles. The quantitative estimate of drug-likeness (QED) is 0.0727. The highest BCUT2D eigenvalue weighted by atomic mass is 16.8. The summed E-state index contributed by atoms with van der Waals surface area (Å²) in [5.41, 5.74) is 3.78. The van der Waals surface area contributed by atoms with Crippen LogP contribution >= 0.6 is 0 Å². The van der Waals surface area contributed by atoms with Gasteiger partial charge in [-0.25, -0.2) is 0 Å². The highest BCUT2D eigenvalue weighted by Gasteiger charge is 2.54. The topological polar surface area (TPSA) is 153 Å². The largest absolute Gasteiger partial charge is 0.456 e. The molecule has 10 atom stereocenters. The first-order valence-electron chi connectivity index (χ1n) is 20.2. The van der Waals surface area contributed by atoms with E-state index in [0.29, 0.717) is 6.61 Å². The summed E-state index contributed by atoms with van der Waals surface area (Å²) < 4.78 is 68.3. The molecule has 2 fully saturated rings. The second-order valence-electron chi connectivity index (χ2n) is 14.7. The maximum Gasteiger partial charge on any atom is 0.303 e.